The molecule has 2 N–H and O–H groups in total. The Morgan fingerprint density at radius 1 is 1.09 bits per heavy atom. The van der Waals surface area contributed by atoms with Gasteiger partial charge < -0.3 is 15.5 Å². The summed E-state index contributed by atoms with van der Waals surface area (Å²) in [6.07, 6.45) is 6.44. The molecule has 0 atom stereocenters. The number of nitrogens with zero attached hydrogens (tertiary/aromatic N) is 1. The van der Waals surface area contributed by atoms with Gasteiger partial charge in [0.05, 0.1) is 0 Å². The fourth-order valence-corrected chi connectivity index (χ4v) is 2.72. The number of likely N-dealkylation sites (tertiary alicyclic amines) is 1. The van der Waals surface area contributed by atoms with Crippen LogP contribution in [0.15, 0.2) is 0 Å². The molecule has 0 radical (unpaired) electrons. The van der Waals surface area contributed by atoms with E-state index in [2.05, 4.69) is 10.6 Å². The summed E-state index contributed by atoms with van der Waals surface area (Å²) in [5.74, 6) is 1.03. The van der Waals surface area contributed by atoms with Crippen molar-refractivity contribution in [1.82, 2.24) is 15.5 Å². The number of rotatable bonds is 8. The van der Waals surface area contributed by atoms with Crippen molar-refractivity contribution < 1.29 is 9.59 Å². The lowest BCUT2D eigenvalue weighted by molar-refractivity contribution is -0.134. The molecule has 128 valence electrons. The van der Waals surface area contributed by atoms with Crippen LogP contribution in [0.1, 0.15) is 51.9 Å². The van der Waals surface area contributed by atoms with Gasteiger partial charge in [0.15, 0.2) is 0 Å². The molecule has 6 heteroatoms. The van der Waals surface area contributed by atoms with E-state index in [1.54, 1.807) is 0 Å². The average molecular weight is 332 g/mol. The number of nitrogens with one attached hydrogen (secondary N) is 2. The van der Waals surface area contributed by atoms with Crippen LogP contribution in [-0.2, 0) is 9.59 Å². The first-order valence-electron chi connectivity index (χ1n) is 8.47. The van der Waals surface area contributed by atoms with Crippen LogP contribution in [0.5, 0.6) is 0 Å². The van der Waals surface area contributed by atoms with E-state index in [1.165, 1.54) is 12.8 Å². The molecular weight excluding hydrogens is 302 g/mol. The SMILES string of the molecule is CCCNC(=O)CCC(=O)N1CCC(NCC2CC2)CC1.Cl. The lowest BCUT2D eigenvalue weighted by Gasteiger charge is -2.32. The number of halogens is 1. The molecule has 2 amide bonds. The van der Waals surface area contributed by atoms with E-state index in [9.17, 15) is 9.59 Å². The molecule has 0 aromatic carbocycles. The number of carbonyl (C=O) groups is 2. The molecule has 1 aliphatic carbocycles. The van der Waals surface area contributed by atoms with Crippen molar-refractivity contribution in [3.05, 3.63) is 0 Å². The second-order valence-corrected chi connectivity index (χ2v) is 6.36. The predicted octanol–water partition coefficient (Wildman–Crippen LogP) is 1.71. The molecular formula is C16H30ClN3O2. The second kappa shape index (κ2) is 10.1. The molecule has 0 aromatic heterocycles. The molecule has 22 heavy (non-hydrogen) atoms. The molecule has 2 aliphatic rings. The van der Waals surface area contributed by atoms with Crippen LogP contribution in [-0.4, -0.2) is 48.9 Å². The van der Waals surface area contributed by atoms with Gasteiger partial charge in [0.2, 0.25) is 11.8 Å². The summed E-state index contributed by atoms with van der Waals surface area (Å²) >= 11 is 0. The van der Waals surface area contributed by atoms with Crippen molar-refractivity contribution in [2.75, 3.05) is 26.2 Å². The quantitative estimate of drug-likeness (QED) is 0.711. The molecule has 2 rings (SSSR count). The molecule has 5 nitrogen and oxygen atoms in total. The highest BCUT2D eigenvalue weighted by Crippen LogP contribution is 2.28. The van der Waals surface area contributed by atoms with Crippen LogP contribution in [0.25, 0.3) is 0 Å². The number of amides is 2. The predicted molar refractivity (Wildman–Crippen MR) is 90.1 cm³/mol. The van der Waals surface area contributed by atoms with E-state index in [0.29, 0.717) is 25.4 Å². The molecule has 0 unspecified atom stereocenters. The Morgan fingerprint density at radius 3 is 2.36 bits per heavy atom. The fourth-order valence-electron chi connectivity index (χ4n) is 2.72. The molecule has 1 heterocycles. The van der Waals surface area contributed by atoms with Gasteiger partial charge in [0.25, 0.3) is 0 Å². The Labute approximate surface area is 140 Å². The van der Waals surface area contributed by atoms with Crippen molar-refractivity contribution in [1.29, 1.82) is 0 Å². The molecule has 0 bridgehead atoms. The zero-order chi connectivity index (χ0) is 15.1. The highest BCUT2D eigenvalue weighted by molar-refractivity contribution is 5.85. The van der Waals surface area contributed by atoms with E-state index in [4.69, 9.17) is 0 Å². The number of carbonyl (C=O) groups excluding carboxylic acids is 2. The minimum absolute atomic E-state index is 0. The van der Waals surface area contributed by atoms with Gasteiger partial charge in [-0.1, -0.05) is 6.92 Å². The third kappa shape index (κ3) is 6.97. The van der Waals surface area contributed by atoms with Crippen molar-refractivity contribution >= 4 is 24.2 Å². The van der Waals surface area contributed by atoms with Gasteiger partial charge in [0.1, 0.15) is 0 Å². The van der Waals surface area contributed by atoms with Gasteiger partial charge in [-0.05, 0) is 44.6 Å². The summed E-state index contributed by atoms with van der Waals surface area (Å²) in [7, 11) is 0. The first-order chi connectivity index (χ1) is 10.2. The summed E-state index contributed by atoms with van der Waals surface area (Å²) < 4.78 is 0. The summed E-state index contributed by atoms with van der Waals surface area (Å²) in [5.41, 5.74) is 0. The summed E-state index contributed by atoms with van der Waals surface area (Å²) in [6.45, 7) is 5.53. The van der Waals surface area contributed by atoms with Crippen molar-refractivity contribution in [3.63, 3.8) is 0 Å². The van der Waals surface area contributed by atoms with Crippen LogP contribution in [0.4, 0.5) is 0 Å². The highest BCUT2D eigenvalue weighted by Gasteiger charge is 2.25. The standard InChI is InChI=1S/C16H29N3O2.ClH/c1-2-9-17-15(20)5-6-16(21)19-10-7-14(8-11-19)18-12-13-3-4-13;/h13-14,18H,2-12H2,1H3,(H,17,20);1H. The fraction of sp³-hybridized carbons (Fsp3) is 0.875. The average Bonchev–Trinajstić information content (AvgIpc) is 3.33. The van der Waals surface area contributed by atoms with Crippen molar-refractivity contribution in [2.24, 2.45) is 5.92 Å². The van der Waals surface area contributed by atoms with Gasteiger partial charge in [0, 0.05) is 38.5 Å². The van der Waals surface area contributed by atoms with Gasteiger partial charge in [-0.15, -0.1) is 12.4 Å². The highest BCUT2D eigenvalue weighted by atomic mass is 35.5. The molecule has 0 spiro atoms. The van der Waals surface area contributed by atoms with E-state index >= 15 is 0 Å². The topological polar surface area (TPSA) is 61.4 Å². The first kappa shape index (κ1) is 19.2. The van der Waals surface area contributed by atoms with Gasteiger partial charge in [-0.25, -0.2) is 0 Å². The molecule has 2 fully saturated rings. The third-order valence-electron chi connectivity index (χ3n) is 4.38. The van der Waals surface area contributed by atoms with Crippen LogP contribution in [0, 0.1) is 5.92 Å². The van der Waals surface area contributed by atoms with E-state index < -0.39 is 0 Å². The molecule has 0 aromatic rings. The number of piperidine rings is 1. The van der Waals surface area contributed by atoms with E-state index in [-0.39, 0.29) is 24.2 Å². The lowest BCUT2D eigenvalue weighted by atomic mass is 10.0. The maximum absolute atomic E-state index is 12.1. The van der Waals surface area contributed by atoms with Crippen molar-refractivity contribution in [2.45, 2.75) is 57.9 Å². The maximum Gasteiger partial charge on any atom is 0.223 e. The van der Waals surface area contributed by atoms with Crippen molar-refractivity contribution in [3.8, 4) is 0 Å². The summed E-state index contributed by atoms with van der Waals surface area (Å²) in [6, 6.07) is 0.572. The first-order valence-corrected chi connectivity index (χ1v) is 8.47. The zero-order valence-corrected chi connectivity index (χ0v) is 14.4. The minimum atomic E-state index is -0.00816. The Hall–Kier alpha value is -0.810. The Morgan fingerprint density at radius 2 is 1.77 bits per heavy atom. The Bertz CT molecular complexity index is 353. The molecule has 1 aliphatic heterocycles. The normalized spacial score (nSPS) is 18.7. The Balaban J connectivity index is 0.00000242. The molecule has 1 saturated carbocycles. The second-order valence-electron chi connectivity index (χ2n) is 6.36. The largest absolute Gasteiger partial charge is 0.356 e. The van der Waals surface area contributed by atoms with Crippen LogP contribution < -0.4 is 10.6 Å². The lowest BCUT2D eigenvalue weighted by Crippen LogP contribution is -2.45. The van der Waals surface area contributed by atoms with Crippen LogP contribution >= 0.6 is 12.4 Å². The monoisotopic (exact) mass is 331 g/mol. The van der Waals surface area contributed by atoms with E-state index in [1.807, 2.05) is 11.8 Å². The summed E-state index contributed by atoms with van der Waals surface area (Å²) in [5, 5.41) is 6.43. The Kier molecular flexibility index (Phi) is 8.79. The zero-order valence-electron chi connectivity index (χ0n) is 13.6. The van der Waals surface area contributed by atoms with E-state index in [0.717, 1.165) is 44.8 Å². The number of hydrogen-bond donors (Lipinski definition) is 2. The van der Waals surface area contributed by atoms with Crippen LogP contribution in [0.3, 0.4) is 0 Å². The van der Waals surface area contributed by atoms with Crippen LogP contribution in [0.2, 0.25) is 0 Å². The number of hydrogen-bond acceptors (Lipinski definition) is 3. The minimum Gasteiger partial charge on any atom is -0.356 e. The van der Waals surface area contributed by atoms with Gasteiger partial charge in [-0.2, -0.15) is 0 Å². The van der Waals surface area contributed by atoms with Gasteiger partial charge >= 0.3 is 0 Å². The smallest absolute Gasteiger partial charge is 0.223 e. The summed E-state index contributed by atoms with van der Waals surface area (Å²) in [4.78, 5) is 25.5. The third-order valence-corrected chi connectivity index (χ3v) is 4.38. The maximum atomic E-state index is 12.1. The molecule has 1 saturated heterocycles. The van der Waals surface area contributed by atoms with Gasteiger partial charge in [-0.3, -0.25) is 9.59 Å².